The highest BCUT2D eigenvalue weighted by atomic mass is 19.4. The molecule has 0 saturated heterocycles. The average molecular weight is 248 g/mol. The Balaban J connectivity index is 2.48. The lowest BCUT2D eigenvalue weighted by Gasteiger charge is -2.05. The van der Waals surface area contributed by atoms with Crippen molar-refractivity contribution in [1.29, 1.82) is 0 Å². The highest BCUT2D eigenvalue weighted by Crippen LogP contribution is 2.29. The van der Waals surface area contributed by atoms with Gasteiger partial charge in [-0.25, -0.2) is 0 Å². The zero-order valence-corrected chi connectivity index (χ0v) is 7.61. The Kier molecular flexibility index (Phi) is 3.46. The summed E-state index contributed by atoms with van der Waals surface area (Å²) in [6.07, 6.45) is -9.11. The Morgan fingerprint density at radius 1 is 1.19 bits per heavy atom. The molecule has 92 valence electrons. The van der Waals surface area contributed by atoms with Crippen molar-refractivity contribution in [3.8, 4) is 0 Å². The number of hydrogen-bond acceptors (Lipinski definition) is 3. The van der Waals surface area contributed by atoms with Gasteiger partial charge in [0, 0.05) is 12.6 Å². The molecule has 1 aromatic rings. The lowest BCUT2D eigenvalue weighted by molar-refractivity contribution is -0.155. The average Bonchev–Trinajstić information content (AvgIpc) is 2.49. The molecule has 0 amide bonds. The second kappa shape index (κ2) is 4.32. The highest BCUT2D eigenvalue weighted by Gasteiger charge is 2.36. The van der Waals surface area contributed by atoms with Gasteiger partial charge in [-0.1, -0.05) is 5.16 Å². The maximum atomic E-state index is 12.0. The maximum absolute atomic E-state index is 12.0. The van der Waals surface area contributed by atoms with Crippen LogP contribution in [0.2, 0.25) is 0 Å². The van der Waals surface area contributed by atoms with Gasteiger partial charge in [-0.15, -0.1) is 0 Å². The topological polar surface area (TPSA) is 38.1 Å². The van der Waals surface area contributed by atoms with E-state index in [9.17, 15) is 26.3 Å². The Hall–Kier alpha value is -1.25. The second-order valence-corrected chi connectivity index (χ2v) is 2.90. The molecule has 0 aromatic carbocycles. The molecule has 0 fully saturated rings. The Bertz CT molecular complexity index is 341. The number of aromatic nitrogens is 1. The molecule has 0 spiro atoms. The molecule has 0 aliphatic carbocycles. The molecule has 0 aliphatic heterocycles. The van der Waals surface area contributed by atoms with Crippen LogP contribution in [0.4, 0.5) is 26.3 Å². The highest BCUT2D eigenvalue weighted by molar-refractivity contribution is 5.07. The van der Waals surface area contributed by atoms with Gasteiger partial charge in [0.25, 0.3) is 0 Å². The van der Waals surface area contributed by atoms with Crippen LogP contribution in [0, 0.1) is 0 Å². The van der Waals surface area contributed by atoms with Gasteiger partial charge in [0.05, 0.1) is 12.2 Å². The van der Waals surface area contributed by atoms with Crippen molar-refractivity contribution in [1.82, 2.24) is 10.5 Å². The Morgan fingerprint density at radius 3 is 2.25 bits per heavy atom. The minimum absolute atomic E-state index is 0.239. The van der Waals surface area contributed by atoms with E-state index in [2.05, 4.69) is 9.68 Å². The van der Waals surface area contributed by atoms with E-state index < -0.39 is 31.2 Å². The normalized spacial score (nSPS) is 13.1. The summed E-state index contributed by atoms with van der Waals surface area (Å²) in [5.74, 6) is -1.34. The number of hydrogen-bond donors (Lipinski definition) is 1. The van der Waals surface area contributed by atoms with Crippen LogP contribution in [0.25, 0.3) is 0 Å². The molecule has 0 atom stereocenters. The first kappa shape index (κ1) is 12.8. The lowest BCUT2D eigenvalue weighted by atomic mass is 10.3. The van der Waals surface area contributed by atoms with E-state index in [0.29, 0.717) is 6.07 Å². The van der Waals surface area contributed by atoms with Gasteiger partial charge in [0.2, 0.25) is 5.76 Å². The van der Waals surface area contributed by atoms with Crippen molar-refractivity contribution in [3.63, 3.8) is 0 Å². The molecule has 1 aromatic heterocycles. The molecule has 0 unspecified atom stereocenters. The maximum Gasteiger partial charge on any atom is 0.452 e. The van der Waals surface area contributed by atoms with Gasteiger partial charge in [0.1, 0.15) is 0 Å². The van der Waals surface area contributed by atoms with Crippen molar-refractivity contribution in [2.24, 2.45) is 0 Å². The molecule has 0 saturated carbocycles. The monoisotopic (exact) mass is 248 g/mol. The minimum atomic E-state index is -4.69. The van der Waals surface area contributed by atoms with E-state index in [-0.39, 0.29) is 5.69 Å². The first-order valence-corrected chi connectivity index (χ1v) is 3.99. The predicted octanol–water partition coefficient (Wildman–Crippen LogP) is 2.35. The lowest BCUT2D eigenvalue weighted by Crippen LogP contribution is -2.28. The first-order chi connectivity index (χ1) is 7.18. The molecule has 0 radical (unpaired) electrons. The molecular formula is C7H6F6N2O. The minimum Gasteiger partial charge on any atom is -0.351 e. The van der Waals surface area contributed by atoms with Crippen molar-refractivity contribution in [2.45, 2.75) is 18.9 Å². The number of nitrogens with zero attached hydrogens (tertiary/aromatic N) is 1. The quantitative estimate of drug-likeness (QED) is 0.834. The summed E-state index contributed by atoms with van der Waals surface area (Å²) in [4.78, 5) is 0. The van der Waals surface area contributed by atoms with E-state index in [4.69, 9.17) is 0 Å². The van der Waals surface area contributed by atoms with E-state index in [0.717, 1.165) is 0 Å². The zero-order chi connectivity index (χ0) is 12.4. The van der Waals surface area contributed by atoms with Crippen LogP contribution < -0.4 is 5.32 Å². The molecule has 16 heavy (non-hydrogen) atoms. The third-order valence-corrected chi connectivity index (χ3v) is 1.47. The van der Waals surface area contributed by atoms with E-state index in [1.165, 1.54) is 0 Å². The Morgan fingerprint density at radius 2 is 1.81 bits per heavy atom. The molecule has 1 rings (SSSR count). The van der Waals surface area contributed by atoms with Crippen molar-refractivity contribution < 1.29 is 30.9 Å². The van der Waals surface area contributed by atoms with Gasteiger partial charge >= 0.3 is 12.4 Å². The predicted molar refractivity (Wildman–Crippen MR) is 39.3 cm³/mol. The summed E-state index contributed by atoms with van der Waals surface area (Å²) in [7, 11) is 0. The van der Waals surface area contributed by atoms with E-state index in [1.807, 2.05) is 5.32 Å². The van der Waals surface area contributed by atoms with Crippen LogP contribution in [0.15, 0.2) is 10.6 Å². The van der Waals surface area contributed by atoms with Gasteiger partial charge in [-0.3, -0.25) is 0 Å². The third kappa shape index (κ3) is 4.09. The number of halogens is 6. The first-order valence-electron chi connectivity index (χ1n) is 3.99. The standard InChI is InChI=1S/C7H6F6N2O/c8-6(9,10)3-14-2-4-1-5(16-15-4)7(11,12)13/h1,14H,2-3H2. The summed E-state index contributed by atoms with van der Waals surface area (Å²) in [5, 5.41) is 4.87. The summed E-state index contributed by atoms with van der Waals surface area (Å²) >= 11 is 0. The number of alkyl halides is 6. The molecular weight excluding hydrogens is 242 g/mol. The Labute approximate surface area is 85.4 Å². The summed E-state index contributed by atoms with van der Waals surface area (Å²) in [6.45, 7) is -1.75. The zero-order valence-electron chi connectivity index (χ0n) is 7.61. The number of rotatable bonds is 3. The SMILES string of the molecule is FC(F)(F)CNCc1cc(C(F)(F)F)on1. The van der Waals surface area contributed by atoms with Gasteiger partial charge in [0.15, 0.2) is 0 Å². The summed E-state index contributed by atoms with van der Waals surface area (Å²) < 4.78 is 74.9. The van der Waals surface area contributed by atoms with E-state index in [1.54, 1.807) is 0 Å². The van der Waals surface area contributed by atoms with Crippen LogP contribution in [0.1, 0.15) is 11.5 Å². The molecule has 0 bridgehead atoms. The van der Waals surface area contributed by atoms with Crippen LogP contribution in [-0.2, 0) is 12.7 Å². The largest absolute Gasteiger partial charge is 0.452 e. The fourth-order valence-electron chi connectivity index (χ4n) is 0.861. The van der Waals surface area contributed by atoms with Crippen LogP contribution in [0.5, 0.6) is 0 Å². The van der Waals surface area contributed by atoms with E-state index >= 15 is 0 Å². The fourth-order valence-corrected chi connectivity index (χ4v) is 0.861. The smallest absolute Gasteiger partial charge is 0.351 e. The van der Waals surface area contributed by atoms with Crippen LogP contribution in [-0.4, -0.2) is 17.9 Å². The van der Waals surface area contributed by atoms with Gasteiger partial charge in [-0.2, -0.15) is 26.3 Å². The van der Waals surface area contributed by atoms with Crippen LogP contribution in [0.3, 0.4) is 0 Å². The van der Waals surface area contributed by atoms with Crippen LogP contribution >= 0.6 is 0 Å². The number of nitrogens with one attached hydrogen (secondary N) is 1. The molecule has 9 heteroatoms. The summed E-state index contributed by atoms with van der Waals surface area (Å²) in [6, 6.07) is 0.545. The third-order valence-electron chi connectivity index (χ3n) is 1.47. The summed E-state index contributed by atoms with van der Waals surface area (Å²) in [5.41, 5.74) is -0.239. The van der Waals surface area contributed by atoms with Crippen molar-refractivity contribution >= 4 is 0 Å². The van der Waals surface area contributed by atoms with Gasteiger partial charge in [-0.05, 0) is 0 Å². The van der Waals surface area contributed by atoms with Crippen molar-refractivity contribution in [2.75, 3.05) is 6.54 Å². The second-order valence-electron chi connectivity index (χ2n) is 2.90. The molecule has 0 aliphatic rings. The van der Waals surface area contributed by atoms with Crippen molar-refractivity contribution in [3.05, 3.63) is 17.5 Å². The van der Waals surface area contributed by atoms with Gasteiger partial charge < -0.3 is 9.84 Å². The molecule has 1 N–H and O–H groups in total. The molecule has 1 heterocycles. The molecule has 3 nitrogen and oxygen atoms in total. The fraction of sp³-hybridized carbons (Fsp3) is 0.571.